The Morgan fingerprint density at radius 2 is 1.70 bits per heavy atom. The molecule has 0 spiro atoms. The summed E-state index contributed by atoms with van der Waals surface area (Å²) in [5, 5.41) is 0. The lowest BCUT2D eigenvalue weighted by Gasteiger charge is -2.39. The average Bonchev–Trinajstić information content (AvgIpc) is 3.23. The Labute approximate surface area is 212 Å². The number of hydrogen-bond acceptors (Lipinski definition) is 8. The zero-order valence-corrected chi connectivity index (χ0v) is 20.4. The van der Waals surface area contributed by atoms with Crippen LogP contribution >= 0.6 is 0 Å². The number of ketones is 1. The van der Waals surface area contributed by atoms with E-state index in [1.807, 2.05) is 4.90 Å². The first kappa shape index (κ1) is 24.3. The summed E-state index contributed by atoms with van der Waals surface area (Å²) in [6.07, 6.45) is 4.36. The largest absolute Gasteiger partial charge is 0.479 e. The standard InChI is InChI=1S/C26H25FN6O4/c1-31(2)24(35)17-14-32(15-17)26-29-11-19(12-30-26)33-10-9-22(25(33)36)37-20-7-8-21(28-13-20)23(34)16-3-5-18(27)6-4-16/h3-8,11-13,17,22H,9-10,14-15H2,1-2H3/t22-/m1/s1. The number of rotatable bonds is 7. The van der Waals surface area contributed by atoms with Crippen LogP contribution < -0.4 is 14.5 Å². The number of pyridine rings is 1. The fourth-order valence-electron chi connectivity index (χ4n) is 4.30. The van der Waals surface area contributed by atoms with Crippen LogP contribution in [0.1, 0.15) is 22.5 Å². The Morgan fingerprint density at radius 3 is 2.32 bits per heavy atom. The van der Waals surface area contributed by atoms with Gasteiger partial charge in [0.2, 0.25) is 17.6 Å². The minimum atomic E-state index is -0.701. The highest BCUT2D eigenvalue weighted by atomic mass is 19.1. The van der Waals surface area contributed by atoms with E-state index in [1.54, 1.807) is 42.4 Å². The fourth-order valence-corrected chi connectivity index (χ4v) is 4.30. The molecule has 5 rings (SSSR count). The van der Waals surface area contributed by atoms with Crippen LogP contribution in [0.4, 0.5) is 16.0 Å². The Bertz CT molecular complexity index is 1310. The number of amides is 2. The monoisotopic (exact) mass is 504 g/mol. The number of ether oxygens (including phenoxy) is 1. The zero-order valence-electron chi connectivity index (χ0n) is 20.4. The number of benzene rings is 1. The summed E-state index contributed by atoms with van der Waals surface area (Å²) in [6.45, 7) is 1.58. The van der Waals surface area contributed by atoms with Crippen molar-refractivity contribution in [2.75, 3.05) is 43.5 Å². The van der Waals surface area contributed by atoms with Gasteiger partial charge in [0.25, 0.3) is 5.91 Å². The molecular weight excluding hydrogens is 479 g/mol. The molecule has 1 aromatic carbocycles. The van der Waals surface area contributed by atoms with E-state index in [9.17, 15) is 18.8 Å². The summed E-state index contributed by atoms with van der Waals surface area (Å²) in [6, 6.07) is 8.33. The molecule has 37 heavy (non-hydrogen) atoms. The molecule has 4 heterocycles. The van der Waals surface area contributed by atoms with Gasteiger partial charge in [0.1, 0.15) is 17.3 Å². The molecule has 0 radical (unpaired) electrons. The van der Waals surface area contributed by atoms with Crippen molar-refractivity contribution >= 4 is 29.2 Å². The van der Waals surface area contributed by atoms with Crippen molar-refractivity contribution < 1.29 is 23.5 Å². The second kappa shape index (κ2) is 9.92. The van der Waals surface area contributed by atoms with Gasteiger partial charge in [-0.2, -0.15) is 0 Å². The molecule has 0 saturated carbocycles. The van der Waals surface area contributed by atoms with Crippen LogP contribution in [0.5, 0.6) is 5.75 Å². The summed E-state index contributed by atoms with van der Waals surface area (Å²) >= 11 is 0. The predicted molar refractivity (Wildman–Crippen MR) is 132 cm³/mol. The van der Waals surface area contributed by atoms with Crippen molar-refractivity contribution in [1.29, 1.82) is 0 Å². The van der Waals surface area contributed by atoms with Crippen molar-refractivity contribution in [3.05, 3.63) is 72.1 Å². The molecule has 3 aromatic rings. The highest BCUT2D eigenvalue weighted by Crippen LogP contribution is 2.27. The number of carbonyl (C=O) groups excluding carboxylic acids is 3. The first-order chi connectivity index (χ1) is 17.8. The van der Waals surface area contributed by atoms with Crippen LogP contribution in [-0.2, 0) is 9.59 Å². The molecule has 1 atom stereocenters. The van der Waals surface area contributed by atoms with Crippen molar-refractivity contribution in [2.24, 2.45) is 5.92 Å². The van der Waals surface area contributed by atoms with E-state index in [4.69, 9.17) is 4.74 Å². The molecule has 190 valence electrons. The highest BCUT2D eigenvalue weighted by molar-refractivity contribution is 6.07. The molecule has 0 N–H and O–H groups in total. The molecule has 2 aliphatic heterocycles. The van der Waals surface area contributed by atoms with Crippen LogP contribution in [0.2, 0.25) is 0 Å². The SMILES string of the molecule is CN(C)C(=O)C1CN(c2ncc(N3CC[C@@H](Oc4ccc(C(=O)c5ccc(F)cc5)nc4)C3=O)cn2)C1. The Balaban J connectivity index is 1.17. The van der Waals surface area contributed by atoms with Gasteiger partial charge in [-0.15, -0.1) is 0 Å². The first-order valence-electron chi connectivity index (χ1n) is 11.8. The Kier molecular flexibility index (Phi) is 6.51. The van der Waals surface area contributed by atoms with E-state index < -0.39 is 11.9 Å². The van der Waals surface area contributed by atoms with Gasteiger partial charge < -0.3 is 19.4 Å². The number of hydrogen-bond donors (Lipinski definition) is 0. The van der Waals surface area contributed by atoms with Crippen LogP contribution in [-0.4, -0.2) is 77.3 Å². The van der Waals surface area contributed by atoms with Crippen molar-refractivity contribution in [3.8, 4) is 5.75 Å². The van der Waals surface area contributed by atoms with E-state index >= 15 is 0 Å². The molecule has 2 aromatic heterocycles. The van der Waals surface area contributed by atoms with Gasteiger partial charge in [-0.3, -0.25) is 14.4 Å². The number of anilines is 2. The molecule has 10 nitrogen and oxygen atoms in total. The third-order valence-electron chi connectivity index (χ3n) is 6.40. The molecular formula is C26H25FN6O4. The van der Waals surface area contributed by atoms with Crippen LogP contribution in [0, 0.1) is 11.7 Å². The molecule has 0 aliphatic carbocycles. The van der Waals surface area contributed by atoms with Gasteiger partial charge in [-0.25, -0.2) is 19.3 Å². The summed E-state index contributed by atoms with van der Waals surface area (Å²) in [4.78, 5) is 55.5. The van der Waals surface area contributed by atoms with Gasteiger partial charge >= 0.3 is 0 Å². The van der Waals surface area contributed by atoms with E-state index in [0.29, 0.717) is 49.0 Å². The topological polar surface area (TPSA) is 109 Å². The number of nitrogens with zero attached hydrogens (tertiary/aromatic N) is 6. The first-order valence-corrected chi connectivity index (χ1v) is 11.8. The van der Waals surface area contributed by atoms with Crippen LogP contribution in [0.25, 0.3) is 0 Å². The van der Waals surface area contributed by atoms with Crippen molar-refractivity contribution in [3.63, 3.8) is 0 Å². The van der Waals surface area contributed by atoms with Crippen molar-refractivity contribution in [2.45, 2.75) is 12.5 Å². The second-order valence-electron chi connectivity index (χ2n) is 9.18. The third kappa shape index (κ3) is 4.97. The summed E-state index contributed by atoms with van der Waals surface area (Å²) in [5.41, 5.74) is 1.09. The zero-order chi connectivity index (χ0) is 26.1. The summed E-state index contributed by atoms with van der Waals surface area (Å²) in [5.74, 6) is -0.0607. The lowest BCUT2D eigenvalue weighted by molar-refractivity contribution is -0.133. The quantitative estimate of drug-likeness (QED) is 0.450. The number of halogens is 1. The maximum Gasteiger partial charge on any atom is 0.268 e. The fraction of sp³-hybridized carbons (Fsp3) is 0.308. The molecule has 2 amide bonds. The highest BCUT2D eigenvalue weighted by Gasteiger charge is 2.37. The lowest BCUT2D eigenvalue weighted by Crippen LogP contribution is -2.54. The van der Waals surface area contributed by atoms with Crippen molar-refractivity contribution in [1.82, 2.24) is 19.9 Å². The maximum absolute atomic E-state index is 13.1. The van der Waals surface area contributed by atoms with E-state index in [-0.39, 0.29) is 29.2 Å². The van der Waals surface area contributed by atoms with Crippen LogP contribution in [0.15, 0.2) is 55.0 Å². The van der Waals surface area contributed by atoms with E-state index in [1.165, 1.54) is 36.5 Å². The van der Waals surface area contributed by atoms with Gasteiger partial charge in [0.05, 0.1) is 30.2 Å². The molecule has 2 aliphatic rings. The molecule has 2 fully saturated rings. The molecule has 0 unspecified atom stereocenters. The lowest BCUT2D eigenvalue weighted by atomic mass is 9.99. The maximum atomic E-state index is 13.1. The Hall–Kier alpha value is -4.41. The van der Waals surface area contributed by atoms with Gasteiger partial charge in [-0.05, 0) is 36.4 Å². The van der Waals surface area contributed by atoms with Crippen LogP contribution in [0.3, 0.4) is 0 Å². The summed E-state index contributed by atoms with van der Waals surface area (Å²) < 4.78 is 18.9. The number of aromatic nitrogens is 3. The normalized spacial score (nSPS) is 17.5. The molecule has 2 saturated heterocycles. The smallest absolute Gasteiger partial charge is 0.268 e. The molecule has 0 bridgehead atoms. The Morgan fingerprint density at radius 1 is 1.00 bits per heavy atom. The summed E-state index contributed by atoms with van der Waals surface area (Å²) in [7, 11) is 3.48. The average molecular weight is 505 g/mol. The molecule has 11 heteroatoms. The number of carbonyl (C=O) groups is 3. The minimum absolute atomic E-state index is 0.0547. The van der Waals surface area contributed by atoms with E-state index in [0.717, 1.165) is 0 Å². The van der Waals surface area contributed by atoms with Gasteiger partial charge in [0, 0.05) is 45.7 Å². The predicted octanol–water partition coefficient (Wildman–Crippen LogP) is 1.95. The van der Waals surface area contributed by atoms with E-state index in [2.05, 4.69) is 15.0 Å². The van der Waals surface area contributed by atoms with Gasteiger partial charge in [-0.1, -0.05) is 0 Å². The minimum Gasteiger partial charge on any atom is -0.479 e. The second-order valence-corrected chi connectivity index (χ2v) is 9.18. The third-order valence-corrected chi connectivity index (χ3v) is 6.40. The van der Waals surface area contributed by atoms with Gasteiger partial charge in [0.15, 0.2) is 6.10 Å².